The molecule has 0 spiro atoms. The van der Waals surface area contributed by atoms with Crippen molar-refractivity contribution in [2.75, 3.05) is 18.4 Å². The summed E-state index contributed by atoms with van der Waals surface area (Å²) in [4.78, 5) is 17.0. The van der Waals surface area contributed by atoms with Crippen LogP contribution in [0.15, 0.2) is 36.7 Å². The first-order valence-electron chi connectivity index (χ1n) is 9.88. The number of aromatic nitrogens is 3. The van der Waals surface area contributed by atoms with Crippen LogP contribution in [0, 0.1) is 22.7 Å². The van der Waals surface area contributed by atoms with Gasteiger partial charge in [0.05, 0.1) is 64.6 Å². The summed E-state index contributed by atoms with van der Waals surface area (Å²) < 4.78 is 15.6. The molecule has 9 nitrogen and oxygen atoms in total. The van der Waals surface area contributed by atoms with Gasteiger partial charge in [0.2, 0.25) is 0 Å². The van der Waals surface area contributed by atoms with Crippen LogP contribution in [0.5, 0.6) is 0 Å². The highest BCUT2D eigenvalue weighted by Gasteiger charge is 2.27. The van der Waals surface area contributed by atoms with Crippen molar-refractivity contribution in [1.82, 2.24) is 19.9 Å². The van der Waals surface area contributed by atoms with Crippen LogP contribution in [0.2, 0.25) is 0 Å². The number of hydrogen-bond donors (Lipinski definition) is 3. The molecule has 0 aliphatic carbocycles. The summed E-state index contributed by atoms with van der Waals surface area (Å²) in [5.41, 5.74) is 1.31. The minimum atomic E-state index is -1.65. The number of aliphatic hydroxyl groups is 1. The van der Waals surface area contributed by atoms with E-state index in [-0.39, 0.29) is 18.5 Å². The largest absolute Gasteiger partial charge is 0.387 e. The predicted octanol–water partition coefficient (Wildman–Crippen LogP) is 2.43. The summed E-state index contributed by atoms with van der Waals surface area (Å²) in [7, 11) is 0. The van der Waals surface area contributed by atoms with Gasteiger partial charge in [-0.1, -0.05) is 0 Å². The lowest BCUT2D eigenvalue weighted by atomic mass is 10.0. The molecule has 0 radical (unpaired) electrons. The van der Waals surface area contributed by atoms with Gasteiger partial charge >= 0.3 is 0 Å². The molecule has 32 heavy (non-hydrogen) atoms. The molecule has 0 saturated heterocycles. The van der Waals surface area contributed by atoms with E-state index in [9.17, 15) is 14.3 Å². The van der Waals surface area contributed by atoms with Gasteiger partial charge in [0.25, 0.3) is 5.91 Å². The van der Waals surface area contributed by atoms with Crippen LogP contribution in [0.25, 0.3) is 16.9 Å². The molecule has 0 saturated carbocycles. The lowest BCUT2D eigenvalue weighted by Gasteiger charge is -2.22. The maximum atomic E-state index is 14.0. The molecule has 3 heterocycles. The fourth-order valence-corrected chi connectivity index (χ4v) is 2.96. The van der Waals surface area contributed by atoms with Gasteiger partial charge < -0.3 is 15.7 Å². The highest BCUT2D eigenvalue weighted by molar-refractivity contribution is 6.00. The van der Waals surface area contributed by atoms with E-state index in [1.165, 1.54) is 26.2 Å². The first-order chi connectivity index (χ1) is 15.2. The van der Waals surface area contributed by atoms with E-state index < -0.39 is 17.7 Å². The Balaban J connectivity index is 1.92. The number of nitriles is 2. The number of halogens is 1. The zero-order valence-electron chi connectivity index (χ0n) is 17.6. The van der Waals surface area contributed by atoms with Gasteiger partial charge in [0.1, 0.15) is 12.2 Å². The number of anilines is 1. The number of pyridine rings is 1. The summed E-state index contributed by atoms with van der Waals surface area (Å²) in [6.07, 6.45) is 1.38. The summed E-state index contributed by atoms with van der Waals surface area (Å²) in [5.74, 6) is -0.563. The number of carbonyl (C=O) groups is 1. The molecular weight excluding hydrogens is 413 g/mol. The molecule has 0 aromatic carbocycles. The number of fused-ring (bicyclic) bond motifs is 1. The van der Waals surface area contributed by atoms with Crippen molar-refractivity contribution in [1.29, 1.82) is 10.5 Å². The molecule has 3 N–H and O–H groups in total. The molecule has 164 valence electrons. The fourth-order valence-electron chi connectivity index (χ4n) is 2.96. The van der Waals surface area contributed by atoms with Crippen LogP contribution in [-0.4, -0.2) is 50.5 Å². The van der Waals surface area contributed by atoms with Gasteiger partial charge in [-0.2, -0.15) is 15.6 Å². The summed E-state index contributed by atoms with van der Waals surface area (Å²) in [6, 6.07) is 11.0. The van der Waals surface area contributed by atoms with E-state index in [0.717, 1.165) is 0 Å². The number of alkyl halides is 1. The topological polar surface area (TPSA) is 139 Å². The van der Waals surface area contributed by atoms with Gasteiger partial charge in [-0.15, -0.1) is 0 Å². The van der Waals surface area contributed by atoms with Crippen molar-refractivity contribution < 1.29 is 14.3 Å². The molecule has 0 aliphatic heterocycles. The monoisotopic (exact) mass is 435 g/mol. The molecular formula is C22H22FN7O2. The van der Waals surface area contributed by atoms with E-state index in [0.29, 0.717) is 34.7 Å². The molecule has 10 heteroatoms. The lowest BCUT2D eigenvalue weighted by molar-refractivity contribution is -0.00177. The van der Waals surface area contributed by atoms with Gasteiger partial charge in [-0.3, -0.25) is 9.78 Å². The molecule has 0 aliphatic rings. The second-order valence-electron chi connectivity index (χ2n) is 7.69. The van der Waals surface area contributed by atoms with Crippen LogP contribution < -0.4 is 10.6 Å². The maximum absolute atomic E-state index is 14.0. The number of nitrogens with one attached hydrogen (secondary N) is 2. The van der Waals surface area contributed by atoms with Crippen molar-refractivity contribution >= 4 is 17.1 Å². The SMILES string of the molecule is CC(C)(O)C(F)CNC(=O)c1cnc(-c2ccc3cc(C#N)cnn23)cc1NCCC#N. The third-order valence-electron chi connectivity index (χ3n) is 4.80. The number of rotatable bonds is 8. The molecule has 1 unspecified atom stereocenters. The number of carbonyl (C=O) groups excluding carboxylic acids is 1. The average molecular weight is 435 g/mol. The summed E-state index contributed by atoms with van der Waals surface area (Å²) in [5, 5.41) is 37.4. The fraction of sp³-hybridized carbons (Fsp3) is 0.318. The first-order valence-corrected chi connectivity index (χ1v) is 9.88. The highest BCUT2D eigenvalue weighted by Crippen LogP contribution is 2.25. The van der Waals surface area contributed by atoms with Gasteiger partial charge in [0, 0.05) is 12.7 Å². The van der Waals surface area contributed by atoms with Crippen molar-refractivity contribution in [2.24, 2.45) is 0 Å². The minimum absolute atomic E-state index is 0.176. The van der Waals surface area contributed by atoms with E-state index in [2.05, 4.69) is 20.7 Å². The minimum Gasteiger partial charge on any atom is -0.387 e. The van der Waals surface area contributed by atoms with Gasteiger partial charge in [-0.25, -0.2) is 8.91 Å². The van der Waals surface area contributed by atoms with Crippen LogP contribution >= 0.6 is 0 Å². The maximum Gasteiger partial charge on any atom is 0.255 e. The Labute approximate surface area is 184 Å². The van der Waals surface area contributed by atoms with Crippen LogP contribution in [0.4, 0.5) is 10.1 Å². The van der Waals surface area contributed by atoms with Crippen LogP contribution in [-0.2, 0) is 0 Å². The number of amides is 1. The standard InChI is InChI=1S/C22H22FN7O2/c1-22(2,32)20(23)13-28-21(31)16-12-27-18(9-17(16)26-7-3-6-24)19-5-4-15-8-14(10-25)11-29-30(15)19/h4-5,8-9,11-12,20,32H,3,7,13H2,1-2H3,(H,26,27)(H,28,31). The third-order valence-corrected chi connectivity index (χ3v) is 4.80. The van der Waals surface area contributed by atoms with Crippen LogP contribution in [0.3, 0.4) is 0 Å². The van der Waals surface area contributed by atoms with Crippen molar-refractivity contribution in [3.05, 3.63) is 47.8 Å². The Bertz CT molecular complexity index is 1220. The predicted molar refractivity (Wildman–Crippen MR) is 115 cm³/mol. The molecule has 3 aromatic heterocycles. The number of nitrogens with zero attached hydrogens (tertiary/aromatic N) is 5. The molecule has 1 amide bonds. The van der Waals surface area contributed by atoms with E-state index in [1.807, 2.05) is 12.1 Å². The van der Waals surface area contributed by atoms with Crippen molar-refractivity contribution in [3.63, 3.8) is 0 Å². The second-order valence-corrected chi connectivity index (χ2v) is 7.69. The van der Waals surface area contributed by atoms with Gasteiger partial charge in [-0.05, 0) is 38.1 Å². The molecule has 1 atom stereocenters. The number of hydrogen-bond acceptors (Lipinski definition) is 7. The lowest BCUT2D eigenvalue weighted by Crippen LogP contribution is -2.42. The van der Waals surface area contributed by atoms with E-state index in [4.69, 9.17) is 10.5 Å². The Morgan fingerprint density at radius 2 is 2.09 bits per heavy atom. The molecule has 3 rings (SSSR count). The smallest absolute Gasteiger partial charge is 0.255 e. The molecule has 3 aromatic rings. The molecule has 0 fully saturated rings. The zero-order valence-corrected chi connectivity index (χ0v) is 17.6. The van der Waals surface area contributed by atoms with Gasteiger partial charge in [0.15, 0.2) is 0 Å². The normalized spacial score (nSPS) is 12.1. The third kappa shape index (κ3) is 4.99. The van der Waals surface area contributed by atoms with Crippen molar-refractivity contribution in [2.45, 2.75) is 32.0 Å². The highest BCUT2D eigenvalue weighted by atomic mass is 19.1. The Kier molecular flexibility index (Phi) is 6.67. The Hall–Kier alpha value is -4.02. The zero-order chi connectivity index (χ0) is 23.3. The summed E-state index contributed by atoms with van der Waals surface area (Å²) in [6.45, 7) is 2.58. The molecule has 0 bridgehead atoms. The second kappa shape index (κ2) is 9.41. The van der Waals surface area contributed by atoms with Crippen molar-refractivity contribution in [3.8, 4) is 23.5 Å². The first kappa shape index (κ1) is 22.7. The van der Waals surface area contributed by atoms with E-state index in [1.54, 1.807) is 28.8 Å². The quantitative estimate of drug-likeness (QED) is 0.462. The Morgan fingerprint density at radius 1 is 1.31 bits per heavy atom. The van der Waals surface area contributed by atoms with E-state index >= 15 is 0 Å². The average Bonchev–Trinajstić information content (AvgIpc) is 3.19. The Morgan fingerprint density at radius 3 is 2.78 bits per heavy atom. The summed E-state index contributed by atoms with van der Waals surface area (Å²) >= 11 is 0. The van der Waals surface area contributed by atoms with Crippen LogP contribution in [0.1, 0.15) is 36.2 Å².